The molecule has 0 aliphatic rings. The van der Waals surface area contributed by atoms with E-state index in [9.17, 15) is 4.57 Å². The lowest BCUT2D eigenvalue weighted by Gasteiger charge is -2.40. The third-order valence-corrected chi connectivity index (χ3v) is 12.6. The van der Waals surface area contributed by atoms with E-state index in [2.05, 4.69) is 33.8 Å². The van der Waals surface area contributed by atoms with Crippen LogP contribution in [-0.4, -0.2) is 51.7 Å². The van der Waals surface area contributed by atoms with Crippen molar-refractivity contribution >= 4 is 15.8 Å². The Morgan fingerprint density at radius 2 is 1.45 bits per heavy atom. The Bertz CT molecular complexity index is 362. The fourth-order valence-corrected chi connectivity index (χ4v) is 8.45. The molecule has 0 radical (unpaired) electrons. The van der Waals surface area contributed by atoms with E-state index in [4.69, 9.17) is 4.43 Å². The van der Waals surface area contributed by atoms with E-state index in [-0.39, 0.29) is 5.85 Å². The molecule has 0 aromatic heterocycles. The molecule has 0 aliphatic carbocycles. The smallest absolute Gasteiger partial charge is 0.246 e. The predicted octanol–water partition coefficient (Wildman–Crippen LogP) is 5.01. The van der Waals surface area contributed by atoms with Crippen molar-refractivity contribution in [2.45, 2.75) is 64.5 Å². The van der Waals surface area contributed by atoms with Gasteiger partial charge in [0.15, 0.2) is 8.32 Å². The molecule has 0 aromatic carbocycles. The number of nitrogens with zero attached hydrogens (tertiary/aromatic N) is 2. The van der Waals surface area contributed by atoms with Gasteiger partial charge in [0, 0.05) is 0 Å². The number of unbranched alkanes of at least 4 members (excludes halogenated alkanes) is 1. The van der Waals surface area contributed by atoms with Gasteiger partial charge >= 0.3 is 0 Å². The molecule has 0 amide bonds. The lowest BCUT2D eigenvalue weighted by Crippen LogP contribution is -2.42. The first-order chi connectivity index (χ1) is 10.2. The molecule has 0 heterocycles. The summed E-state index contributed by atoms with van der Waals surface area (Å²) in [7, 11) is 2.97. The molecule has 0 aromatic rings. The molecule has 0 saturated heterocycles. The summed E-state index contributed by atoms with van der Waals surface area (Å²) in [6.45, 7) is 8.79. The molecule has 0 fully saturated rings. The number of hydrogen-bond donors (Lipinski definition) is 0. The molecule has 4 nitrogen and oxygen atoms in total. The Morgan fingerprint density at radius 3 is 1.77 bits per heavy atom. The fourth-order valence-electron chi connectivity index (χ4n) is 2.67. The van der Waals surface area contributed by atoms with Gasteiger partial charge in [0.05, 0.1) is 0 Å². The van der Waals surface area contributed by atoms with Crippen LogP contribution in [0.3, 0.4) is 0 Å². The SMILES string of the molecule is CCC/C=C/C(O[Si](CC)(CC)CC)P(=O)(N(C)C)N(C)C. The quantitative estimate of drug-likeness (QED) is 0.299. The molecule has 1 atom stereocenters. The Labute approximate surface area is 139 Å². The Morgan fingerprint density at radius 1 is 1.00 bits per heavy atom. The van der Waals surface area contributed by atoms with Crippen molar-refractivity contribution in [3.63, 3.8) is 0 Å². The van der Waals surface area contributed by atoms with E-state index in [1.54, 1.807) is 0 Å². The van der Waals surface area contributed by atoms with Crippen molar-refractivity contribution in [3.05, 3.63) is 12.2 Å². The zero-order valence-electron chi connectivity index (χ0n) is 15.9. The minimum Gasteiger partial charge on any atom is -0.402 e. The Hall–Kier alpha value is 0.0669. The average molecular weight is 349 g/mol. The van der Waals surface area contributed by atoms with E-state index in [1.165, 1.54) is 0 Å². The molecule has 0 rings (SSSR count). The first-order valence-corrected chi connectivity index (χ1v) is 12.7. The van der Waals surface area contributed by atoms with Crippen LogP contribution in [0.4, 0.5) is 0 Å². The average Bonchev–Trinajstić information content (AvgIpc) is 2.50. The second-order valence-corrected chi connectivity index (χ2v) is 14.3. The largest absolute Gasteiger partial charge is 0.402 e. The maximum atomic E-state index is 13.6. The van der Waals surface area contributed by atoms with E-state index in [0.29, 0.717) is 0 Å². The second-order valence-electron chi connectivity index (χ2n) is 6.25. The molecule has 6 heteroatoms. The van der Waals surface area contributed by atoms with Gasteiger partial charge in [-0.3, -0.25) is 4.57 Å². The van der Waals surface area contributed by atoms with Gasteiger partial charge in [-0.15, -0.1) is 0 Å². The highest BCUT2D eigenvalue weighted by molar-refractivity contribution is 7.59. The lowest BCUT2D eigenvalue weighted by atomic mass is 10.3. The van der Waals surface area contributed by atoms with Gasteiger partial charge in [-0.2, -0.15) is 0 Å². The molecular weight excluding hydrogens is 311 g/mol. The van der Waals surface area contributed by atoms with Crippen molar-refractivity contribution in [2.75, 3.05) is 28.2 Å². The fraction of sp³-hybridized carbons (Fsp3) is 0.875. The van der Waals surface area contributed by atoms with Crippen LogP contribution in [0.2, 0.25) is 18.1 Å². The maximum Gasteiger partial charge on any atom is 0.246 e. The monoisotopic (exact) mass is 348 g/mol. The summed E-state index contributed by atoms with van der Waals surface area (Å²) in [6.07, 6.45) is 6.27. The van der Waals surface area contributed by atoms with Gasteiger partial charge in [0.1, 0.15) is 5.85 Å². The summed E-state index contributed by atoms with van der Waals surface area (Å²) >= 11 is 0. The maximum absolute atomic E-state index is 13.6. The van der Waals surface area contributed by atoms with Gasteiger partial charge in [-0.05, 0) is 52.7 Å². The molecule has 0 N–H and O–H groups in total. The molecule has 0 bridgehead atoms. The first-order valence-electron chi connectivity index (χ1n) is 8.53. The van der Waals surface area contributed by atoms with Crippen LogP contribution in [0.1, 0.15) is 40.5 Å². The number of hydrogen-bond acceptors (Lipinski definition) is 2. The van der Waals surface area contributed by atoms with Crippen molar-refractivity contribution in [1.29, 1.82) is 0 Å². The van der Waals surface area contributed by atoms with Crippen LogP contribution < -0.4 is 0 Å². The second kappa shape index (κ2) is 10.0. The van der Waals surface area contributed by atoms with Crippen LogP contribution >= 0.6 is 7.44 Å². The minimum absolute atomic E-state index is 0.337. The molecule has 0 aliphatic heterocycles. The minimum atomic E-state index is -2.76. The van der Waals surface area contributed by atoms with Crippen molar-refractivity contribution in [1.82, 2.24) is 9.34 Å². The van der Waals surface area contributed by atoms with Gasteiger partial charge in [-0.1, -0.05) is 46.3 Å². The van der Waals surface area contributed by atoms with Crippen LogP contribution in [0.25, 0.3) is 0 Å². The van der Waals surface area contributed by atoms with E-state index in [1.807, 2.05) is 43.6 Å². The van der Waals surface area contributed by atoms with Crippen molar-refractivity contribution in [2.24, 2.45) is 0 Å². The first kappa shape index (κ1) is 22.1. The molecule has 1 unspecified atom stereocenters. The number of rotatable bonds is 11. The normalized spacial score (nSPS) is 15.2. The standard InChI is InChI=1S/C16H37N2O2PSi/c1-9-13-14-15-16(20-22(10-2,11-3)12-4)21(19,17(5)6)18(7)8/h14-16H,9-13H2,1-8H3/b15-14+. The van der Waals surface area contributed by atoms with Crippen molar-refractivity contribution in [3.8, 4) is 0 Å². The third kappa shape index (κ3) is 5.31. The van der Waals surface area contributed by atoms with E-state index < -0.39 is 15.8 Å². The van der Waals surface area contributed by atoms with E-state index in [0.717, 1.165) is 31.0 Å². The highest BCUT2D eigenvalue weighted by atomic mass is 31.2. The highest BCUT2D eigenvalue weighted by Gasteiger charge is 2.42. The Balaban J connectivity index is 5.67. The van der Waals surface area contributed by atoms with Crippen molar-refractivity contribution < 1.29 is 8.99 Å². The summed E-state index contributed by atoms with van der Waals surface area (Å²) in [6, 6.07) is 3.21. The summed E-state index contributed by atoms with van der Waals surface area (Å²) in [5.74, 6) is -0.337. The van der Waals surface area contributed by atoms with Gasteiger partial charge < -0.3 is 4.43 Å². The summed E-state index contributed by atoms with van der Waals surface area (Å²) in [4.78, 5) is 0. The zero-order chi connectivity index (χ0) is 17.4. The van der Waals surface area contributed by atoms with Crippen LogP contribution in [-0.2, 0) is 8.99 Å². The van der Waals surface area contributed by atoms with Crippen LogP contribution in [0, 0.1) is 0 Å². The molecule has 0 spiro atoms. The predicted molar refractivity (Wildman–Crippen MR) is 101 cm³/mol. The molecule has 0 saturated carbocycles. The van der Waals surface area contributed by atoms with Gasteiger partial charge in [-0.25, -0.2) is 9.34 Å². The van der Waals surface area contributed by atoms with Crippen LogP contribution in [0.5, 0.6) is 0 Å². The molecule has 132 valence electrons. The summed E-state index contributed by atoms with van der Waals surface area (Å²) < 4.78 is 23.9. The van der Waals surface area contributed by atoms with E-state index >= 15 is 0 Å². The number of allylic oxidation sites excluding steroid dienone is 1. The topological polar surface area (TPSA) is 32.8 Å². The zero-order valence-corrected chi connectivity index (χ0v) is 17.8. The Kier molecular flexibility index (Phi) is 10.1. The van der Waals surface area contributed by atoms with Gasteiger partial charge in [0.2, 0.25) is 7.44 Å². The highest BCUT2D eigenvalue weighted by Crippen LogP contribution is 2.56. The summed E-state index contributed by atoms with van der Waals surface area (Å²) in [5.41, 5.74) is 0. The third-order valence-electron chi connectivity index (χ3n) is 4.54. The van der Waals surface area contributed by atoms with Gasteiger partial charge in [0.25, 0.3) is 0 Å². The van der Waals surface area contributed by atoms with Crippen LogP contribution in [0.15, 0.2) is 12.2 Å². The molecule has 22 heavy (non-hydrogen) atoms. The molecular formula is C16H37N2O2PSi. The lowest BCUT2D eigenvalue weighted by molar-refractivity contribution is 0.271. The summed E-state index contributed by atoms with van der Waals surface area (Å²) in [5, 5.41) is 0.